The zero-order chi connectivity index (χ0) is 34.4. The summed E-state index contributed by atoms with van der Waals surface area (Å²) in [6.07, 6.45) is 0. The Morgan fingerprint density at radius 2 is 0.904 bits per heavy atom. The van der Waals surface area contributed by atoms with E-state index in [0.29, 0.717) is 0 Å². The molecule has 10 aromatic rings. The van der Waals surface area contributed by atoms with Crippen molar-refractivity contribution in [3.05, 3.63) is 206 Å². The van der Waals surface area contributed by atoms with E-state index in [1.54, 1.807) is 0 Å². The van der Waals surface area contributed by atoms with Gasteiger partial charge < -0.3 is 9.47 Å². The van der Waals surface area contributed by atoms with E-state index in [4.69, 9.17) is 0 Å². The number of aromatic nitrogens is 1. The predicted octanol–water partition coefficient (Wildman–Crippen LogP) is 13.9. The van der Waals surface area contributed by atoms with E-state index in [-0.39, 0.29) is 0 Å². The average molecular weight is 663 g/mol. The van der Waals surface area contributed by atoms with E-state index in [1.807, 2.05) is 0 Å². The summed E-state index contributed by atoms with van der Waals surface area (Å²) in [5, 5.41) is 7.45. The lowest BCUT2D eigenvalue weighted by Gasteiger charge is -2.27. The molecule has 0 unspecified atom stereocenters. The Balaban J connectivity index is 1.11. The molecule has 0 N–H and O–H groups in total. The standard InChI is InChI=1S/C50H34N2/c1-2-15-38-33-40(28-27-35(38)13-1)39-17-11-18-42(34-39)51(47-26-12-16-36-14-3-4-19-43(36)47)41-31-29-37(30-32-41)44-20-5-8-23-48(44)52-49-24-9-6-21-45(49)46-22-7-10-25-50(46)52/h1-34H. The number of nitrogens with zero attached hydrogens (tertiary/aromatic N) is 2. The Bertz CT molecular complexity index is 2860. The molecule has 0 amide bonds. The van der Waals surface area contributed by atoms with E-state index in [2.05, 4.69) is 216 Å². The molecule has 9 aromatic carbocycles. The smallest absolute Gasteiger partial charge is 0.0541 e. The maximum absolute atomic E-state index is 2.41. The highest BCUT2D eigenvalue weighted by molar-refractivity contribution is 6.09. The summed E-state index contributed by atoms with van der Waals surface area (Å²) in [6.45, 7) is 0. The van der Waals surface area contributed by atoms with Gasteiger partial charge in [-0.15, -0.1) is 0 Å². The van der Waals surface area contributed by atoms with Gasteiger partial charge in [0.25, 0.3) is 0 Å². The summed E-state index contributed by atoms with van der Waals surface area (Å²) in [7, 11) is 0. The Hall–Kier alpha value is -6.90. The Morgan fingerprint density at radius 3 is 1.69 bits per heavy atom. The molecule has 52 heavy (non-hydrogen) atoms. The topological polar surface area (TPSA) is 8.17 Å². The van der Waals surface area contributed by atoms with Gasteiger partial charge in [-0.3, -0.25) is 0 Å². The summed E-state index contributed by atoms with van der Waals surface area (Å²) < 4.78 is 2.41. The summed E-state index contributed by atoms with van der Waals surface area (Å²) in [5.41, 5.74) is 11.7. The number of hydrogen-bond acceptors (Lipinski definition) is 1. The van der Waals surface area contributed by atoms with Gasteiger partial charge in [0.15, 0.2) is 0 Å². The molecule has 0 spiro atoms. The minimum absolute atomic E-state index is 1.10. The van der Waals surface area contributed by atoms with Crippen LogP contribution in [0.5, 0.6) is 0 Å². The molecule has 2 nitrogen and oxygen atoms in total. The minimum atomic E-state index is 1.10. The molecule has 0 atom stereocenters. The van der Waals surface area contributed by atoms with E-state index in [9.17, 15) is 0 Å². The molecule has 0 aliphatic heterocycles. The van der Waals surface area contributed by atoms with Crippen LogP contribution in [-0.2, 0) is 0 Å². The SMILES string of the molecule is c1cc(-c2ccc3ccccc3c2)cc(N(c2ccc(-c3ccccc3-n3c4ccccc4c4ccccc43)cc2)c2cccc3ccccc23)c1. The third kappa shape index (κ3) is 5.04. The van der Waals surface area contributed by atoms with Crippen molar-refractivity contribution >= 4 is 60.4 Å². The minimum Gasteiger partial charge on any atom is -0.310 e. The van der Waals surface area contributed by atoms with Crippen LogP contribution >= 0.6 is 0 Å². The molecule has 244 valence electrons. The molecule has 0 aliphatic carbocycles. The second-order valence-electron chi connectivity index (χ2n) is 13.4. The first-order valence-electron chi connectivity index (χ1n) is 17.9. The van der Waals surface area contributed by atoms with Gasteiger partial charge in [0, 0.05) is 33.1 Å². The Kier molecular flexibility index (Phi) is 7.18. The first-order chi connectivity index (χ1) is 25.8. The second-order valence-corrected chi connectivity index (χ2v) is 13.4. The molecule has 0 fully saturated rings. The quantitative estimate of drug-likeness (QED) is 0.172. The normalized spacial score (nSPS) is 11.5. The van der Waals surface area contributed by atoms with Crippen LogP contribution in [-0.4, -0.2) is 4.57 Å². The molecule has 1 heterocycles. The van der Waals surface area contributed by atoms with Gasteiger partial charge >= 0.3 is 0 Å². The lowest BCUT2D eigenvalue weighted by molar-refractivity contribution is 1.18. The zero-order valence-corrected chi connectivity index (χ0v) is 28.5. The lowest BCUT2D eigenvalue weighted by Crippen LogP contribution is -2.10. The van der Waals surface area contributed by atoms with Gasteiger partial charge in [-0.25, -0.2) is 0 Å². The van der Waals surface area contributed by atoms with Crippen LogP contribution in [0.1, 0.15) is 0 Å². The fourth-order valence-electron chi connectivity index (χ4n) is 7.91. The highest BCUT2D eigenvalue weighted by Crippen LogP contribution is 2.42. The van der Waals surface area contributed by atoms with Crippen molar-refractivity contribution in [3.63, 3.8) is 0 Å². The number of anilines is 3. The fraction of sp³-hybridized carbons (Fsp3) is 0. The summed E-state index contributed by atoms with van der Waals surface area (Å²) in [4.78, 5) is 2.40. The van der Waals surface area contributed by atoms with Gasteiger partial charge in [-0.05, 0) is 87.4 Å². The Morgan fingerprint density at radius 1 is 0.327 bits per heavy atom. The molecule has 0 aliphatic rings. The van der Waals surface area contributed by atoms with Crippen LogP contribution < -0.4 is 4.90 Å². The number of rotatable bonds is 6. The van der Waals surface area contributed by atoms with Crippen LogP contribution in [0.25, 0.3) is 71.3 Å². The van der Waals surface area contributed by atoms with Crippen molar-refractivity contribution in [2.45, 2.75) is 0 Å². The van der Waals surface area contributed by atoms with E-state index < -0.39 is 0 Å². The molecule has 10 rings (SSSR count). The highest BCUT2D eigenvalue weighted by atomic mass is 15.1. The first-order valence-corrected chi connectivity index (χ1v) is 17.9. The van der Waals surface area contributed by atoms with Gasteiger partial charge in [0.1, 0.15) is 0 Å². The van der Waals surface area contributed by atoms with E-state index in [1.165, 1.54) is 71.3 Å². The van der Waals surface area contributed by atoms with Gasteiger partial charge in [-0.2, -0.15) is 0 Å². The molecule has 2 heteroatoms. The summed E-state index contributed by atoms with van der Waals surface area (Å²) >= 11 is 0. The number of para-hydroxylation sites is 3. The van der Waals surface area contributed by atoms with Crippen molar-refractivity contribution in [2.75, 3.05) is 4.90 Å². The van der Waals surface area contributed by atoms with Crippen molar-refractivity contribution < 1.29 is 0 Å². The van der Waals surface area contributed by atoms with Crippen molar-refractivity contribution in [1.82, 2.24) is 4.57 Å². The summed E-state index contributed by atoms with van der Waals surface area (Å²) in [5.74, 6) is 0. The van der Waals surface area contributed by atoms with Crippen LogP contribution in [0, 0.1) is 0 Å². The maximum Gasteiger partial charge on any atom is 0.0541 e. The van der Waals surface area contributed by atoms with Crippen molar-refractivity contribution in [2.24, 2.45) is 0 Å². The largest absolute Gasteiger partial charge is 0.310 e. The fourth-order valence-corrected chi connectivity index (χ4v) is 7.91. The van der Waals surface area contributed by atoms with Crippen molar-refractivity contribution in [3.8, 4) is 27.9 Å². The molecular formula is C50H34N2. The molecule has 0 bridgehead atoms. The van der Waals surface area contributed by atoms with Gasteiger partial charge in [0.2, 0.25) is 0 Å². The Labute approximate surface area is 303 Å². The third-order valence-electron chi connectivity index (χ3n) is 10.4. The monoisotopic (exact) mass is 662 g/mol. The second kappa shape index (κ2) is 12.5. The lowest BCUT2D eigenvalue weighted by atomic mass is 9.99. The van der Waals surface area contributed by atoms with Gasteiger partial charge in [-0.1, -0.05) is 152 Å². The van der Waals surface area contributed by atoms with Crippen LogP contribution in [0.15, 0.2) is 206 Å². The molecule has 0 radical (unpaired) electrons. The predicted molar refractivity (Wildman–Crippen MR) is 221 cm³/mol. The zero-order valence-electron chi connectivity index (χ0n) is 28.5. The number of hydrogen-bond donors (Lipinski definition) is 0. The number of benzene rings is 9. The number of fused-ring (bicyclic) bond motifs is 5. The highest BCUT2D eigenvalue weighted by Gasteiger charge is 2.18. The summed E-state index contributed by atoms with van der Waals surface area (Å²) in [6, 6.07) is 74.7. The van der Waals surface area contributed by atoms with Crippen LogP contribution in [0.2, 0.25) is 0 Å². The molecule has 1 aromatic heterocycles. The molecular weight excluding hydrogens is 629 g/mol. The average Bonchev–Trinajstić information content (AvgIpc) is 3.55. The van der Waals surface area contributed by atoms with E-state index in [0.717, 1.165) is 17.1 Å². The third-order valence-corrected chi connectivity index (χ3v) is 10.4. The van der Waals surface area contributed by atoms with Crippen LogP contribution in [0.4, 0.5) is 17.1 Å². The molecule has 0 saturated heterocycles. The van der Waals surface area contributed by atoms with Crippen LogP contribution in [0.3, 0.4) is 0 Å². The van der Waals surface area contributed by atoms with Gasteiger partial charge in [0.05, 0.1) is 22.4 Å². The van der Waals surface area contributed by atoms with Crippen molar-refractivity contribution in [1.29, 1.82) is 0 Å². The van der Waals surface area contributed by atoms with E-state index >= 15 is 0 Å². The molecule has 0 saturated carbocycles. The first kappa shape index (κ1) is 30.0. The maximum atomic E-state index is 2.41.